The van der Waals surface area contributed by atoms with Crippen molar-refractivity contribution < 1.29 is 14.3 Å². The van der Waals surface area contributed by atoms with Crippen LogP contribution in [0.1, 0.15) is 18.4 Å². The molecule has 4 rings (SSSR count). The van der Waals surface area contributed by atoms with E-state index in [9.17, 15) is 4.79 Å². The molecule has 0 aliphatic carbocycles. The van der Waals surface area contributed by atoms with Crippen LogP contribution >= 0.6 is 11.3 Å². The van der Waals surface area contributed by atoms with Crippen molar-refractivity contribution in [3.63, 3.8) is 0 Å². The molecule has 3 aliphatic rings. The first-order valence-electron chi connectivity index (χ1n) is 8.56. The highest BCUT2D eigenvalue weighted by Gasteiger charge is 2.42. The van der Waals surface area contributed by atoms with Gasteiger partial charge in [-0.25, -0.2) is 0 Å². The minimum absolute atomic E-state index is 0.163. The standard InChI is InChI=1S/C17H24N2O3S/c20-17(8-13-3-7-23-12-13)19-10-15-16(11-19)22-6-4-18(15)9-14-2-1-5-21-14/h3,7,12,14-16H,1-2,4-6,8-11H2/t14-,15-,16+/m1/s1. The molecule has 1 aromatic heterocycles. The molecule has 0 spiro atoms. The fourth-order valence-corrected chi connectivity index (χ4v) is 4.59. The number of ether oxygens (including phenoxy) is 2. The predicted octanol–water partition coefficient (Wildman–Crippen LogP) is 1.38. The van der Waals surface area contributed by atoms with Crippen LogP contribution in [0.25, 0.3) is 0 Å². The van der Waals surface area contributed by atoms with Gasteiger partial charge in [0.1, 0.15) is 0 Å². The number of carbonyl (C=O) groups is 1. The van der Waals surface area contributed by atoms with E-state index in [1.165, 1.54) is 6.42 Å². The third-order valence-corrected chi connectivity index (χ3v) is 5.90. The van der Waals surface area contributed by atoms with Crippen molar-refractivity contribution in [2.45, 2.75) is 37.5 Å². The molecule has 1 aromatic rings. The molecule has 3 saturated heterocycles. The number of hydrogen-bond acceptors (Lipinski definition) is 5. The summed E-state index contributed by atoms with van der Waals surface area (Å²) in [5.41, 5.74) is 1.12. The number of morpholine rings is 1. The maximum atomic E-state index is 12.5. The summed E-state index contributed by atoms with van der Waals surface area (Å²) in [5, 5.41) is 4.08. The predicted molar refractivity (Wildman–Crippen MR) is 88.7 cm³/mol. The second-order valence-electron chi connectivity index (χ2n) is 6.71. The Morgan fingerprint density at radius 2 is 2.26 bits per heavy atom. The molecular formula is C17H24N2O3S. The Morgan fingerprint density at radius 1 is 1.30 bits per heavy atom. The molecule has 1 amide bonds. The summed E-state index contributed by atoms with van der Waals surface area (Å²) in [5.74, 6) is 0.221. The molecule has 0 N–H and O–H groups in total. The highest BCUT2D eigenvalue weighted by molar-refractivity contribution is 7.07. The van der Waals surface area contributed by atoms with Crippen LogP contribution in [0.15, 0.2) is 16.8 Å². The topological polar surface area (TPSA) is 42.0 Å². The molecule has 23 heavy (non-hydrogen) atoms. The van der Waals surface area contributed by atoms with Crippen molar-refractivity contribution in [2.24, 2.45) is 0 Å². The third-order valence-electron chi connectivity index (χ3n) is 5.17. The van der Waals surface area contributed by atoms with E-state index in [0.29, 0.717) is 18.6 Å². The number of nitrogens with zero attached hydrogens (tertiary/aromatic N) is 2. The van der Waals surface area contributed by atoms with Gasteiger partial charge in [-0.15, -0.1) is 0 Å². The zero-order valence-electron chi connectivity index (χ0n) is 13.4. The van der Waals surface area contributed by atoms with E-state index < -0.39 is 0 Å². The lowest BCUT2D eigenvalue weighted by Crippen LogP contribution is -2.52. The van der Waals surface area contributed by atoms with E-state index in [1.54, 1.807) is 11.3 Å². The monoisotopic (exact) mass is 336 g/mol. The lowest BCUT2D eigenvalue weighted by Gasteiger charge is -2.37. The van der Waals surface area contributed by atoms with Crippen molar-refractivity contribution in [1.29, 1.82) is 0 Å². The summed E-state index contributed by atoms with van der Waals surface area (Å²) in [7, 11) is 0. The van der Waals surface area contributed by atoms with Crippen molar-refractivity contribution >= 4 is 17.2 Å². The average Bonchev–Trinajstić information content (AvgIpc) is 3.28. The number of carbonyl (C=O) groups excluding carboxylic acids is 1. The van der Waals surface area contributed by atoms with Crippen molar-refractivity contribution in [3.05, 3.63) is 22.4 Å². The molecule has 3 aliphatic heterocycles. The van der Waals surface area contributed by atoms with Crippen LogP contribution in [0.5, 0.6) is 0 Å². The smallest absolute Gasteiger partial charge is 0.227 e. The SMILES string of the molecule is O=C(Cc1ccsc1)N1C[C@@H]2OCCN(C[C@H]3CCCO3)[C@@H]2C1. The molecule has 4 heterocycles. The second kappa shape index (κ2) is 6.89. The molecule has 0 bridgehead atoms. The maximum absolute atomic E-state index is 12.5. The first-order chi connectivity index (χ1) is 11.3. The van der Waals surface area contributed by atoms with Gasteiger partial charge in [0, 0.05) is 32.8 Å². The third kappa shape index (κ3) is 3.45. The number of thiophene rings is 1. The molecule has 0 aromatic carbocycles. The minimum Gasteiger partial charge on any atom is -0.377 e. The Morgan fingerprint density at radius 3 is 3.04 bits per heavy atom. The summed E-state index contributed by atoms with van der Waals surface area (Å²) >= 11 is 1.64. The lowest BCUT2D eigenvalue weighted by molar-refractivity contribution is -0.129. The molecule has 126 valence electrons. The fourth-order valence-electron chi connectivity index (χ4n) is 3.92. The summed E-state index contributed by atoms with van der Waals surface area (Å²) < 4.78 is 11.7. The first kappa shape index (κ1) is 15.6. The summed E-state index contributed by atoms with van der Waals surface area (Å²) in [6.45, 7) is 5.12. The van der Waals surface area contributed by atoms with Gasteiger partial charge in [0.05, 0.1) is 31.3 Å². The van der Waals surface area contributed by atoms with Gasteiger partial charge in [-0.3, -0.25) is 9.69 Å². The van der Waals surface area contributed by atoms with Crippen LogP contribution in [0.4, 0.5) is 0 Å². The van der Waals surface area contributed by atoms with Crippen LogP contribution in [0, 0.1) is 0 Å². The number of hydrogen-bond donors (Lipinski definition) is 0. The van der Waals surface area contributed by atoms with E-state index in [2.05, 4.69) is 10.3 Å². The molecule has 0 radical (unpaired) electrons. The van der Waals surface area contributed by atoms with Crippen LogP contribution < -0.4 is 0 Å². The largest absolute Gasteiger partial charge is 0.377 e. The molecule has 5 nitrogen and oxygen atoms in total. The van der Waals surface area contributed by atoms with Crippen LogP contribution in [0.3, 0.4) is 0 Å². The molecule has 3 atom stereocenters. The minimum atomic E-state index is 0.163. The Bertz CT molecular complexity index is 530. The summed E-state index contributed by atoms with van der Waals surface area (Å²) in [6.07, 6.45) is 3.37. The van der Waals surface area contributed by atoms with E-state index in [-0.39, 0.29) is 12.0 Å². The zero-order valence-corrected chi connectivity index (χ0v) is 14.2. The van der Waals surface area contributed by atoms with Gasteiger partial charge in [0.2, 0.25) is 5.91 Å². The van der Waals surface area contributed by atoms with Gasteiger partial charge in [0.15, 0.2) is 0 Å². The van der Waals surface area contributed by atoms with Crippen LogP contribution in [-0.2, 0) is 20.7 Å². The van der Waals surface area contributed by atoms with Gasteiger partial charge in [-0.05, 0) is 35.2 Å². The van der Waals surface area contributed by atoms with Crippen molar-refractivity contribution in [3.8, 4) is 0 Å². The van der Waals surface area contributed by atoms with Gasteiger partial charge >= 0.3 is 0 Å². The quantitative estimate of drug-likeness (QED) is 0.833. The van der Waals surface area contributed by atoms with Gasteiger partial charge in [0.25, 0.3) is 0 Å². The van der Waals surface area contributed by atoms with E-state index in [0.717, 1.165) is 51.4 Å². The highest BCUT2D eigenvalue weighted by Crippen LogP contribution is 2.25. The molecular weight excluding hydrogens is 312 g/mol. The first-order valence-corrected chi connectivity index (χ1v) is 9.50. The Kier molecular flexibility index (Phi) is 4.66. The zero-order chi connectivity index (χ0) is 15.6. The Hall–Kier alpha value is -0.950. The number of rotatable bonds is 4. The molecule has 0 unspecified atom stereocenters. The molecule has 3 fully saturated rings. The maximum Gasteiger partial charge on any atom is 0.227 e. The summed E-state index contributed by atoms with van der Waals surface area (Å²) in [6, 6.07) is 2.37. The van der Waals surface area contributed by atoms with Gasteiger partial charge in [-0.1, -0.05) is 0 Å². The molecule has 6 heteroatoms. The Balaban J connectivity index is 1.37. The molecule has 0 saturated carbocycles. The highest BCUT2D eigenvalue weighted by atomic mass is 32.1. The van der Waals surface area contributed by atoms with Gasteiger partial charge in [-0.2, -0.15) is 11.3 Å². The van der Waals surface area contributed by atoms with E-state index in [4.69, 9.17) is 9.47 Å². The van der Waals surface area contributed by atoms with Gasteiger partial charge < -0.3 is 14.4 Å². The summed E-state index contributed by atoms with van der Waals surface area (Å²) in [4.78, 5) is 17.0. The average molecular weight is 336 g/mol. The Labute approximate surface area is 141 Å². The van der Waals surface area contributed by atoms with Crippen LogP contribution in [-0.4, -0.2) is 73.3 Å². The van der Waals surface area contributed by atoms with E-state index >= 15 is 0 Å². The fraction of sp³-hybridized carbons (Fsp3) is 0.706. The number of fused-ring (bicyclic) bond motifs is 1. The van der Waals surface area contributed by atoms with Crippen LogP contribution in [0.2, 0.25) is 0 Å². The second-order valence-corrected chi connectivity index (χ2v) is 7.49. The normalized spacial score (nSPS) is 31.5. The van der Waals surface area contributed by atoms with E-state index in [1.807, 2.05) is 16.3 Å². The lowest BCUT2D eigenvalue weighted by atomic mass is 10.1. The number of amides is 1. The number of likely N-dealkylation sites (tertiary alicyclic amines) is 1. The van der Waals surface area contributed by atoms with Crippen molar-refractivity contribution in [2.75, 3.05) is 39.4 Å². The van der Waals surface area contributed by atoms with Crippen molar-refractivity contribution in [1.82, 2.24) is 9.80 Å².